The minimum Gasteiger partial charge on any atom is -0.493 e. The number of carbonyl (C=O) groups excluding carboxylic acids is 2. The highest BCUT2D eigenvalue weighted by Crippen LogP contribution is 2.68. The third-order valence-electron chi connectivity index (χ3n) is 7.36. The Balaban J connectivity index is 2.57. The minimum atomic E-state index is -1.87. The molecule has 0 amide bonds. The molecule has 1 N–H and O–H groups in total. The Morgan fingerprint density at radius 1 is 0.970 bits per heavy atom. The van der Waals surface area contributed by atoms with Crippen molar-refractivity contribution in [3.63, 3.8) is 0 Å². The molecule has 4 atom stereocenters. The molecule has 0 heterocycles. The number of carbonyl (C=O) groups is 2. The summed E-state index contributed by atoms with van der Waals surface area (Å²) in [5, 5.41) is 9.44. The number of rotatable bonds is 10. The Bertz CT molecular complexity index is 909. The second-order valence-electron chi connectivity index (χ2n) is 8.18. The summed E-state index contributed by atoms with van der Waals surface area (Å²) in [7, 11) is 8.20. The summed E-state index contributed by atoms with van der Waals surface area (Å²) >= 11 is 0. The van der Waals surface area contributed by atoms with E-state index in [4.69, 9.17) is 28.4 Å². The Kier molecular flexibility index (Phi) is 6.87. The van der Waals surface area contributed by atoms with E-state index in [0.29, 0.717) is 5.57 Å². The second-order valence-corrected chi connectivity index (χ2v) is 8.18. The molecule has 33 heavy (non-hydrogen) atoms. The maximum Gasteiger partial charge on any atom is 0.256 e. The second kappa shape index (κ2) is 8.90. The van der Waals surface area contributed by atoms with Crippen LogP contribution in [0.3, 0.4) is 0 Å². The highest BCUT2D eigenvalue weighted by molar-refractivity contribution is 6.05. The lowest BCUT2D eigenvalue weighted by molar-refractivity contribution is -0.329. The molecule has 9 heteroatoms. The Morgan fingerprint density at radius 2 is 1.58 bits per heavy atom. The molecule has 182 valence electrons. The van der Waals surface area contributed by atoms with E-state index in [0.717, 1.165) is 0 Å². The van der Waals surface area contributed by atoms with Crippen LogP contribution < -0.4 is 0 Å². The number of methoxy groups -OCH3 is 6. The minimum absolute atomic E-state index is 0.0186. The summed E-state index contributed by atoms with van der Waals surface area (Å²) in [5.74, 6) is -6.48. The van der Waals surface area contributed by atoms with Gasteiger partial charge in [-0.15, -0.1) is 6.58 Å². The number of aliphatic hydroxyl groups excluding tert-OH is 1. The molecular weight excluding hydrogens is 432 g/mol. The molecule has 0 radical (unpaired) electrons. The fourth-order valence-corrected chi connectivity index (χ4v) is 6.12. The summed E-state index contributed by atoms with van der Waals surface area (Å²) < 4.78 is 34.6. The molecule has 9 nitrogen and oxygen atoms in total. The van der Waals surface area contributed by atoms with Crippen LogP contribution in [0.15, 0.2) is 48.3 Å². The molecule has 0 aliphatic heterocycles. The summed E-state index contributed by atoms with van der Waals surface area (Å²) in [4.78, 5) is 27.8. The van der Waals surface area contributed by atoms with Crippen LogP contribution in [0.5, 0.6) is 0 Å². The normalized spacial score (nSPS) is 34.2. The number of aliphatic hydroxyl groups is 1. The van der Waals surface area contributed by atoms with Gasteiger partial charge < -0.3 is 33.5 Å². The average Bonchev–Trinajstić information content (AvgIpc) is 2.84. The van der Waals surface area contributed by atoms with Crippen molar-refractivity contribution in [2.24, 2.45) is 17.3 Å². The predicted octanol–water partition coefficient (Wildman–Crippen LogP) is 1.33. The van der Waals surface area contributed by atoms with Crippen molar-refractivity contribution < 1.29 is 43.1 Å². The van der Waals surface area contributed by atoms with Crippen LogP contribution in [0.25, 0.3) is 0 Å². The van der Waals surface area contributed by atoms with Gasteiger partial charge in [0, 0.05) is 46.9 Å². The van der Waals surface area contributed by atoms with Gasteiger partial charge in [-0.05, 0) is 24.1 Å². The maximum atomic E-state index is 14.2. The van der Waals surface area contributed by atoms with Crippen LogP contribution >= 0.6 is 0 Å². The lowest BCUT2D eigenvalue weighted by Gasteiger charge is -2.67. The molecule has 1 fully saturated rings. The lowest BCUT2D eigenvalue weighted by Crippen LogP contribution is -2.81. The SMILES string of the molecule is C=CC[C@]12C=C(OC)C(=O)C(OC)(OC)[C@H]1[C@H]1C(/C=C/CO)=C[C@]2(OC)C(=O)C1(OC)OC. The van der Waals surface area contributed by atoms with Crippen molar-refractivity contribution >= 4 is 11.6 Å². The number of hydrogen-bond acceptors (Lipinski definition) is 9. The molecule has 1 saturated carbocycles. The van der Waals surface area contributed by atoms with Gasteiger partial charge in [-0.2, -0.15) is 0 Å². The molecule has 2 bridgehead atoms. The van der Waals surface area contributed by atoms with Crippen molar-refractivity contribution in [2.45, 2.75) is 23.6 Å². The monoisotopic (exact) mass is 464 g/mol. The molecule has 0 saturated heterocycles. The van der Waals surface area contributed by atoms with Crippen LogP contribution in [0.1, 0.15) is 6.42 Å². The largest absolute Gasteiger partial charge is 0.493 e. The van der Waals surface area contributed by atoms with E-state index < -0.39 is 46.0 Å². The molecule has 0 spiro atoms. The number of ether oxygens (including phenoxy) is 6. The smallest absolute Gasteiger partial charge is 0.256 e. The summed E-state index contributed by atoms with van der Waals surface area (Å²) in [6.07, 6.45) is 8.36. The number of fused-ring (bicyclic) bond motifs is 1. The van der Waals surface area contributed by atoms with Gasteiger partial charge in [-0.25, -0.2) is 0 Å². The molecule has 0 aromatic carbocycles. The first kappa shape index (κ1) is 25.5. The zero-order valence-corrected chi connectivity index (χ0v) is 19.9. The van der Waals surface area contributed by atoms with Crippen LogP contribution in [-0.2, 0) is 38.0 Å². The Morgan fingerprint density at radius 3 is 2.03 bits per heavy atom. The molecular formula is C24H32O9. The first-order valence-electron chi connectivity index (χ1n) is 10.5. The van der Waals surface area contributed by atoms with E-state index >= 15 is 0 Å². The fourth-order valence-electron chi connectivity index (χ4n) is 6.12. The zero-order chi connectivity index (χ0) is 24.7. The zero-order valence-electron chi connectivity index (χ0n) is 19.9. The first-order chi connectivity index (χ1) is 15.8. The summed E-state index contributed by atoms with van der Waals surface area (Å²) in [6, 6.07) is 0. The van der Waals surface area contributed by atoms with Crippen molar-refractivity contribution in [3.8, 4) is 0 Å². The van der Waals surface area contributed by atoms with E-state index in [-0.39, 0.29) is 18.8 Å². The fraction of sp³-hybridized carbons (Fsp3) is 0.583. The first-order valence-corrected chi connectivity index (χ1v) is 10.5. The highest BCUT2D eigenvalue weighted by atomic mass is 16.7. The molecule has 4 rings (SSSR count). The summed E-state index contributed by atoms with van der Waals surface area (Å²) in [5.41, 5.74) is -2.30. The quantitative estimate of drug-likeness (QED) is 0.378. The van der Waals surface area contributed by atoms with Gasteiger partial charge in [0.1, 0.15) is 0 Å². The van der Waals surface area contributed by atoms with E-state index in [1.807, 2.05) is 0 Å². The van der Waals surface area contributed by atoms with Crippen LogP contribution in [0.4, 0.5) is 0 Å². The van der Waals surface area contributed by atoms with E-state index in [9.17, 15) is 14.7 Å². The van der Waals surface area contributed by atoms with Crippen LogP contribution in [-0.4, -0.2) is 83.1 Å². The van der Waals surface area contributed by atoms with Crippen molar-refractivity contribution in [1.29, 1.82) is 0 Å². The summed E-state index contributed by atoms with van der Waals surface area (Å²) in [6.45, 7) is 3.66. The Hall–Kier alpha value is -2.14. The molecule has 0 aromatic rings. The third kappa shape index (κ3) is 2.87. The van der Waals surface area contributed by atoms with Gasteiger partial charge >= 0.3 is 0 Å². The van der Waals surface area contributed by atoms with Crippen molar-refractivity contribution in [2.75, 3.05) is 49.3 Å². The number of allylic oxidation sites excluding steroid dienone is 2. The lowest BCUT2D eigenvalue weighted by atomic mass is 9.41. The average molecular weight is 465 g/mol. The van der Waals surface area contributed by atoms with Crippen molar-refractivity contribution in [1.82, 2.24) is 0 Å². The highest BCUT2D eigenvalue weighted by Gasteiger charge is 2.82. The predicted molar refractivity (Wildman–Crippen MR) is 117 cm³/mol. The third-order valence-corrected chi connectivity index (χ3v) is 7.36. The molecule has 4 aliphatic carbocycles. The van der Waals surface area contributed by atoms with E-state index in [2.05, 4.69) is 6.58 Å². The molecule has 0 aromatic heterocycles. The van der Waals surface area contributed by atoms with Gasteiger partial charge in [-0.3, -0.25) is 9.59 Å². The van der Waals surface area contributed by atoms with Gasteiger partial charge in [0.05, 0.1) is 19.6 Å². The Labute approximate surface area is 193 Å². The number of hydrogen-bond donors (Lipinski definition) is 1. The van der Waals surface area contributed by atoms with Gasteiger partial charge in [0.2, 0.25) is 17.4 Å². The maximum absolute atomic E-state index is 14.2. The van der Waals surface area contributed by atoms with E-state index in [1.165, 1.54) is 48.7 Å². The number of ketones is 2. The van der Waals surface area contributed by atoms with Crippen LogP contribution in [0, 0.1) is 17.3 Å². The standard InChI is InChI=1S/C24H32O9/c1-8-11-21-14-16(28-2)19(26)24(32-6,33-7)18(21)17-15(10-9-12-25)13-22(21,29-3)20(27)23(17,30-4)31-5/h8-10,13-14,17-18,25H,1,11-12H2,2-7H3/b10-9+/t17-,18+,21+,22+/m1/s1. The van der Waals surface area contributed by atoms with Crippen LogP contribution in [0.2, 0.25) is 0 Å². The molecule has 4 aliphatic rings. The van der Waals surface area contributed by atoms with E-state index in [1.54, 1.807) is 24.3 Å². The molecule has 0 unspecified atom stereocenters. The van der Waals surface area contributed by atoms with Gasteiger partial charge in [0.15, 0.2) is 11.4 Å². The van der Waals surface area contributed by atoms with Gasteiger partial charge in [-0.1, -0.05) is 18.2 Å². The number of Topliss-reactive ketones (excluding diaryl/α,β-unsaturated/α-hetero) is 2. The topological polar surface area (TPSA) is 110 Å². The van der Waals surface area contributed by atoms with Gasteiger partial charge in [0.25, 0.3) is 5.78 Å². The van der Waals surface area contributed by atoms with Crippen molar-refractivity contribution in [3.05, 3.63) is 48.3 Å².